The minimum atomic E-state index is 0.820. The van der Waals surface area contributed by atoms with Crippen LogP contribution in [-0.4, -0.2) is 9.55 Å². The number of hydrogen-bond donors (Lipinski definition) is 1. The Bertz CT molecular complexity index is 671. The molecule has 0 saturated carbocycles. The van der Waals surface area contributed by atoms with Crippen LogP contribution in [0.5, 0.6) is 0 Å². The van der Waals surface area contributed by atoms with E-state index in [1.54, 1.807) is 6.20 Å². The zero-order valence-electron chi connectivity index (χ0n) is 10.7. The van der Waals surface area contributed by atoms with Crippen molar-refractivity contribution in [3.8, 4) is 5.69 Å². The van der Waals surface area contributed by atoms with Crippen molar-refractivity contribution in [2.75, 3.05) is 5.32 Å². The molecule has 94 valence electrons. The highest BCUT2D eigenvalue weighted by Gasteiger charge is 2.06. The van der Waals surface area contributed by atoms with Crippen LogP contribution in [0.4, 0.5) is 11.6 Å². The zero-order valence-corrected chi connectivity index (χ0v) is 10.7. The minimum absolute atomic E-state index is 0.820. The smallest absolute Gasteiger partial charge is 0.212 e. The molecule has 3 heteroatoms. The fourth-order valence-corrected chi connectivity index (χ4v) is 2.07. The van der Waals surface area contributed by atoms with Gasteiger partial charge >= 0.3 is 0 Å². The largest absolute Gasteiger partial charge is 0.325 e. The van der Waals surface area contributed by atoms with E-state index in [4.69, 9.17) is 0 Å². The number of aromatic nitrogens is 2. The SMILES string of the molecule is Cc1ccccc1-n1ccnc1Nc1ccccc1. The van der Waals surface area contributed by atoms with Gasteiger partial charge < -0.3 is 5.32 Å². The lowest BCUT2D eigenvalue weighted by Crippen LogP contribution is -2.02. The van der Waals surface area contributed by atoms with Crippen molar-refractivity contribution < 1.29 is 0 Å². The summed E-state index contributed by atoms with van der Waals surface area (Å²) in [6.45, 7) is 2.10. The molecule has 0 atom stereocenters. The second-order valence-corrected chi connectivity index (χ2v) is 4.40. The molecule has 0 radical (unpaired) electrons. The predicted octanol–water partition coefficient (Wildman–Crippen LogP) is 3.92. The molecule has 19 heavy (non-hydrogen) atoms. The Morgan fingerprint density at radius 1 is 0.947 bits per heavy atom. The summed E-state index contributed by atoms with van der Waals surface area (Å²) in [7, 11) is 0. The minimum Gasteiger partial charge on any atom is -0.325 e. The Morgan fingerprint density at radius 3 is 2.47 bits per heavy atom. The molecule has 0 aliphatic heterocycles. The lowest BCUT2D eigenvalue weighted by Gasteiger charge is -2.11. The van der Waals surface area contributed by atoms with Crippen molar-refractivity contribution in [3.63, 3.8) is 0 Å². The maximum Gasteiger partial charge on any atom is 0.212 e. The number of nitrogens with one attached hydrogen (secondary N) is 1. The van der Waals surface area contributed by atoms with Crippen molar-refractivity contribution in [3.05, 3.63) is 72.6 Å². The van der Waals surface area contributed by atoms with E-state index in [0.717, 1.165) is 17.3 Å². The molecular formula is C16H15N3. The number of para-hydroxylation sites is 2. The monoisotopic (exact) mass is 249 g/mol. The normalized spacial score (nSPS) is 10.4. The lowest BCUT2D eigenvalue weighted by atomic mass is 10.2. The Morgan fingerprint density at radius 2 is 1.68 bits per heavy atom. The number of aryl methyl sites for hydroxylation is 1. The van der Waals surface area contributed by atoms with Gasteiger partial charge in [-0.05, 0) is 30.7 Å². The summed E-state index contributed by atoms with van der Waals surface area (Å²) < 4.78 is 2.06. The number of imidazole rings is 1. The fourth-order valence-electron chi connectivity index (χ4n) is 2.07. The number of benzene rings is 2. The highest BCUT2D eigenvalue weighted by Crippen LogP contribution is 2.20. The molecule has 1 aromatic heterocycles. The van der Waals surface area contributed by atoms with Crippen LogP contribution < -0.4 is 5.32 Å². The Hall–Kier alpha value is -2.55. The highest BCUT2D eigenvalue weighted by atomic mass is 15.2. The van der Waals surface area contributed by atoms with Crippen LogP contribution in [-0.2, 0) is 0 Å². The Labute approximate surface area is 112 Å². The summed E-state index contributed by atoms with van der Waals surface area (Å²) in [6.07, 6.45) is 3.77. The zero-order chi connectivity index (χ0) is 13.1. The number of anilines is 2. The third-order valence-corrected chi connectivity index (χ3v) is 3.05. The third kappa shape index (κ3) is 2.36. The van der Waals surface area contributed by atoms with Crippen LogP contribution in [0.15, 0.2) is 67.0 Å². The fraction of sp³-hybridized carbons (Fsp3) is 0.0625. The van der Waals surface area contributed by atoms with Crippen LogP contribution in [0.2, 0.25) is 0 Å². The van der Waals surface area contributed by atoms with Gasteiger partial charge in [-0.1, -0.05) is 36.4 Å². The summed E-state index contributed by atoms with van der Waals surface area (Å²) in [4.78, 5) is 4.38. The maximum atomic E-state index is 4.38. The maximum absolute atomic E-state index is 4.38. The topological polar surface area (TPSA) is 29.9 Å². The molecule has 3 aromatic rings. The van der Waals surface area contributed by atoms with E-state index >= 15 is 0 Å². The van der Waals surface area contributed by atoms with Gasteiger partial charge in [0.05, 0.1) is 5.69 Å². The van der Waals surface area contributed by atoms with Crippen molar-refractivity contribution in [1.29, 1.82) is 0 Å². The first kappa shape index (κ1) is 11.5. The van der Waals surface area contributed by atoms with Gasteiger partial charge in [0.15, 0.2) is 0 Å². The molecule has 0 aliphatic carbocycles. The van der Waals surface area contributed by atoms with E-state index in [-0.39, 0.29) is 0 Å². The molecule has 0 aliphatic rings. The molecule has 0 amide bonds. The second-order valence-electron chi connectivity index (χ2n) is 4.40. The molecule has 0 saturated heterocycles. The molecule has 1 heterocycles. The molecule has 0 spiro atoms. The first-order chi connectivity index (χ1) is 9.34. The van der Waals surface area contributed by atoms with Gasteiger partial charge in [0, 0.05) is 18.1 Å². The van der Waals surface area contributed by atoms with E-state index in [0.29, 0.717) is 0 Å². The molecular weight excluding hydrogens is 234 g/mol. The average molecular weight is 249 g/mol. The van der Waals surface area contributed by atoms with E-state index in [9.17, 15) is 0 Å². The van der Waals surface area contributed by atoms with Crippen molar-refractivity contribution >= 4 is 11.6 Å². The summed E-state index contributed by atoms with van der Waals surface area (Å²) >= 11 is 0. The number of hydrogen-bond acceptors (Lipinski definition) is 2. The second kappa shape index (κ2) is 4.98. The third-order valence-electron chi connectivity index (χ3n) is 3.05. The van der Waals surface area contributed by atoms with Gasteiger partial charge in [0.25, 0.3) is 0 Å². The number of rotatable bonds is 3. The van der Waals surface area contributed by atoms with Gasteiger partial charge in [-0.2, -0.15) is 0 Å². The molecule has 1 N–H and O–H groups in total. The summed E-state index contributed by atoms with van der Waals surface area (Å²) in [5.41, 5.74) is 3.39. The van der Waals surface area contributed by atoms with Gasteiger partial charge in [-0.15, -0.1) is 0 Å². The van der Waals surface area contributed by atoms with Crippen molar-refractivity contribution in [2.45, 2.75) is 6.92 Å². The van der Waals surface area contributed by atoms with E-state index < -0.39 is 0 Å². The van der Waals surface area contributed by atoms with Crippen molar-refractivity contribution in [2.24, 2.45) is 0 Å². The standard InChI is InChI=1S/C16H15N3/c1-13-7-5-6-10-15(13)19-12-11-17-16(19)18-14-8-3-2-4-9-14/h2-12H,1H3,(H,17,18). The molecule has 3 rings (SSSR count). The van der Waals surface area contributed by atoms with Crippen molar-refractivity contribution in [1.82, 2.24) is 9.55 Å². The molecule has 0 fully saturated rings. The van der Waals surface area contributed by atoms with Crippen LogP contribution in [0.25, 0.3) is 5.69 Å². The highest BCUT2D eigenvalue weighted by molar-refractivity contribution is 5.56. The quantitative estimate of drug-likeness (QED) is 0.762. The van der Waals surface area contributed by atoms with Gasteiger partial charge in [-0.25, -0.2) is 4.98 Å². The van der Waals surface area contributed by atoms with Gasteiger partial charge in [-0.3, -0.25) is 4.57 Å². The molecule has 0 unspecified atom stereocenters. The van der Waals surface area contributed by atoms with E-state index in [1.807, 2.05) is 48.7 Å². The predicted molar refractivity (Wildman–Crippen MR) is 78.0 cm³/mol. The number of nitrogens with zero attached hydrogens (tertiary/aromatic N) is 2. The van der Waals surface area contributed by atoms with Crippen LogP contribution >= 0.6 is 0 Å². The lowest BCUT2D eigenvalue weighted by molar-refractivity contribution is 1.05. The molecule has 3 nitrogen and oxygen atoms in total. The van der Waals surface area contributed by atoms with Crippen LogP contribution in [0, 0.1) is 6.92 Å². The van der Waals surface area contributed by atoms with Gasteiger partial charge in [0.2, 0.25) is 5.95 Å². The Balaban J connectivity index is 1.98. The van der Waals surface area contributed by atoms with E-state index in [1.165, 1.54) is 5.56 Å². The Kier molecular flexibility index (Phi) is 3.02. The summed E-state index contributed by atoms with van der Waals surface area (Å²) in [6, 6.07) is 18.3. The average Bonchev–Trinajstić information content (AvgIpc) is 2.88. The van der Waals surface area contributed by atoms with Crippen LogP contribution in [0.3, 0.4) is 0 Å². The van der Waals surface area contributed by atoms with Gasteiger partial charge in [0.1, 0.15) is 0 Å². The first-order valence-electron chi connectivity index (χ1n) is 6.26. The molecule has 0 bridgehead atoms. The summed E-state index contributed by atoms with van der Waals surface area (Å²) in [5, 5.41) is 3.33. The van der Waals surface area contributed by atoms with E-state index in [2.05, 4.69) is 33.9 Å². The molecule has 2 aromatic carbocycles. The van der Waals surface area contributed by atoms with Crippen LogP contribution in [0.1, 0.15) is 5.56 Å². The summed E-state index contributed by atoms with van der Waals surface area (Å²) in [5.74, 6) is 0.820. The first-order valence-corrected chi connectivity index (χ1v) is 6.26.